The summed E-state index contributed by atoms with van der Waals surface area (Å²) >= 11 is 5.87. The Labute approximate surface area is 104 Å². The van der Waals surface area contributed by atoms with E-state index in [2.05, 4.69) is 4.98 Å². The van der Waals surface area contributed by atoms with Crippen LogP contribution in [0, 0.1) is 0 Å². The van der Waals surface area contributed by atoms with Gasteiger partial charge in [-0.2, -0.15) is 0 Å². The molecule has 0 saturated carbocycles. The molecule has 0 amide bonds. The monoisotopic (exact) mass is 259 g/mol. The van der Waals surface area contributed by atoms with Gasteiger partial charge in [-0.3, -0.25) is 0 Å². The molecule has 2 N–H and O–H groups in total. The second-order valence-electron chi connectivity index (χ2n) is 3.92. The van der Waals surface area contributed by atoms with Gasteiger partial charge in [-0.05, 0) is 12.5 Å². The van der Waals surface area contributed by atoms with Crippen LogP contribution in [0.4, 0.5) is 0 Å². The molecule has 0 saturated heterocycles. The van der Waals surface area contributed by atoms with Gasteiger partial charge >= 0.3 is 0 Å². The third kappa shape index (κ3) is 1.89. The Balaban J connectivity index is 2.63. The molecule has 0 spiro atoms. The first-order chi connectivity index (χ1) is 8.02. The van der Waals surface area contributed by atoms with E-state index in [9.17, 15) is 10.2 Å². The lowest BCUT2D eigenvalue weighted by molar-refractivity contribution is -0.236. The second kappa shape index (κ2) is 4.42. The lowest BCUT2D eigenvalue weighted by Gasteiger charge is -2.37. The van der Waals surface area contributed by atoms with E-state index < -0.39 is 11.9 Å². The number of aliphatic hydroxyl groups is 2. The van der Waals surface area contributed by atoms with Crippen LogP contribution >= 0.6 is 11.6 Å². The number of halogens is 1. The first kappa shape index (κ1) is 12.6. The van der Waals surface area contributed by atoms with Crippen LogP contribution in [0.3, 0.4) is 0 Å². The van der Waals surface area contributed by atoms with Crippen molar-refractivity contribution < 1.29 is 19.7 Å². The summed E-state index contributed by atoms with van der Waals surface area (Å²) < 4.78 is 10.2. The van der Waals surface area contributed by atoms with Crippen molar-refractivity contribution in [1.82, 2.24) is 4.98 Å². The summed E-state index contributed by atoms with van der Waals surface area (Å²) in [5, 5.41) is 20.4. The molecule has 1 aromatic heterocycles. The molecule has 1 aliphatic rings. The third-order valence-corrected chi connectivity index (χ3v) is 3.24. The zero-order valence-corrected chi connectivity index (χ0v) is 10.4. The van der Waals surface area contributed by atoms with Gasteiger partial charge in [0.15, 0.2) is 6.29 Å². The maximum atomic E-state index is 10.4. The highest BCUT2D eigenvalue weighted by atomic mass is 35.5. The number of hydrogen-bond donors (Lipinski definition) is 2. The molecule has 1 aliphatic heterocycles. The predicted molar refractivity (Wildman–Crippen MR) is 60.8 cm³/mol. The van der Waals surface area contributed by atoms with E-state index in [1.165, 1.54) is 13.2 Å². The fourth-order valence-electron chi connectivity index (χ4n) is 2.01. The minimum Gasteiger partial charge on any atom is -0.481 e. The van der Waals surface area contributed by atoms with Gasteiger partial charge in [-0.15, -0.1) is 0 Å². The van der Waals surface area contributed by atoms with E-state index in [-0.39, 0.29) is 11.8 Å². The van der Waals surface area contributed by atoms with Crippen molar-refractivity contribution in [3.05, 3.63) is 22.3 Å². The molecule has 2 heterocycles. The molecule has 94 valence electrons. The molecule has 0 aromatic carbocycles. The molecule has 0 radical (unpaired) electrons. The number of methoxy groups -OCH3 is 1. The Bertz CT molecular complexity index is 440. The highest BCUT2D eigenvalue weighted by Gasteiger charge is 2.43. The lowest BCUT2D eigenvalue weighted by Crippen LogP contribution is -2.44. The molecular formula is C11H14ClNO4. The minimum atomic E-state index is -1.48. The first-order valence-electron chi connectivity index (χ1n) is 5.28. The van der Waals surface area contributed by atoms with Gasteiger partial charge in [0.05, 0.1) is 13.7 Å². The number of aliphatic hydroxyl groups excluding tert-OH is 1. The summed E-state index contributed by atoms with van der Waals surface area (Å²) in [6, 6.07) is 1.54. The quantitative estimate of drug-likeness (QED) is 0.781. The molecule has 2 rings (SSSR count). The summed E-state index contributed by atoms with van der Waals surface area (Å²) in [7, 11) is 1.47. The van der Waals surface area contributed by atoms with Crippen molar-refractivity contribution >= 4 is 11.6 Å². The SMILES string of the molecule is CC[C@]1(O)c2cc(Cl)nc(OC)c2CO[C@H]1O. The predicted octanol–water partition coefficient (Wildman–Crippen LogP) is 1.19. The van der Waals surface area contributed by atoms with Crippen molar-refractivity contribution in [3.8, 4) is 5.88 Å². The van der Waals surface area contributed by atoms with E-state index in [0.29, 0.717) is 23.4 Å². The fourth-order valence-corrected chi connectivity index (χ4v) is 2.20. The van der Waals surface area contributed by atoms with Crippen molar-refractivity contribution in [3.63, 3.8) is 0 Å². The average Bonchev–Trinajstić information content (AvgIpc) is 2.33. The molecule has 1 aromatic rings. The van der Waals surface area contributed by atoms with Crippen molar-refractivity contribution in [2.75, 3.05) is 7.11 Å². The van der Waals surface area contributed by atoms with Crippen LogP contribution in [-0.4, -0.2) is 28.6 Å². The Hall–Kier alpha value is -0.880. The van der Waals surface area contributed by atoms with E-state index in [0.717, 1.165) is 0 Å². The number of ether oxygens (including phenoxy) is 2. The molecule has 0 fully saturated rings. The van der Waals surface area contributed by atoms with Gasteiger partial charge in [0, 0.05) is 11.1 Å². The molecular weight excluding hydrogens is 246 g/mol. The number of pyridine rings is 1. The maximum absolute atomic E-state index is 10.4. The van der Waals surface area contributed by atoms with Crippen LogP contribution in [0.25, 0.3) is 0 Å². The molecule has 0 bridgehead atoms. The Morgan fingerprint density at radius 1 is 1.71 bits per heavy atom. The van der Waals surface area contributed by atoms with Crippen molar-refractivity contribution in [2.45, 2.75) is 31.8 Å². The van der Waals surface area contributed by atoms with Crippen LogP contribution in [0.5, 0.6) is 5.88 Å². The standard InChI is InChI=1S/C11H14ClNO4/c1-3-11(15)7-4-8(12)13-9(16-2)6(7)5-17-10(11)14/h4,10,14-15H,3,5H2,1-2H3/t10-,11+/m1/s1. The number of rotatable bonds is 2. The number of hydrogen-bond acceptors (Lipinski definition) is 5. The molecule has 5 nitrogen and oxygen atoms in total. The van der Waals surface area contributed by atoms with Gasteiger partial charge in [0.2, 0.25) is 5.88 Å². The van der Waals surface area contributed by atoms with E-state index >= 15 is 0 Å². The van der Waals surface area contributed by atoms with E-state index in [4.69, 9.17) is 21.1 Å². The summed E-state index contributed by atoms with van der Waals surface area (Å²) in [4.78, 5) is 4.00. The van der Waals surface area contributed by atoms with Crippen molar-refractivity contribution in [1.29, 1.82) is 0 Å². The number of aromatic nitrogens is 1. The highest BCUT2D eigenvalue weighted by molar-refractivity contribution is 6.29. The summed E-state index contributed by atoms with van der Waals surface area (Å²) in [5.74, 6) is 0.311. The maximum Gasteiger partial charge on any atom is 0.220 e. The van der Waals surface area contributed by atoms with Crippen molar-refractivity contribution in [2.24, 2.45) is 0 Å². The largest absolute Gasteiger partial charge is 0.481 e. The zero-order chi connectivity index (χ0) is 12.6. The fraction of sp³-hybridized carbons (Fsp3) is 0.545. The van der Waals surface area contributed by atoms with Gasteiger partial charge < -0.3 is 19.7 Å². The van der Waals surface area contributed by atoms with Crippen LogP contribution in [0.15, 0.2) is 6.07 Å². The smallest absolute Gasteiger partial charge is 0.220 e. The molecule has 2 atom stereocenters. The Morgan fingerprint density at radius 2 is 2.41 bits per heavy atom. The first-order valence-corrected chi connectivity index (χ1v) is 5.66. The second-order valence-corrected chi connectivity index (χ2v) is 4.31. The van der Waals surface area contributed by atoms with Gasteiger partial charge in [-0.1, -0.05) is 18.5 Å². The Kier molecular flexibility index (Phi) is 3.27. The number of nitrogens with zero attached hydrogens (tertiary/aromatic N) is 1. The summed E-state index contributed by atoms with van der Waals surface area (Å²) in [6.45, 7) is 1.88. The highest BCUT2D eigenvalue weighted by Crippen LogP contribution is 2.40. The van der Waals surface area contributed by atoms with Crippen LogP contribution in [0.1, 0.15) is 24.5 Å². The zero-order valence-electron chi connectivity index (χ0n) is 9.61. The van der Waals surface area contributed by atoms with E-state index in [1.54, 1.807) is 6.92 Å². The van der Waals surface area contributed by atoms with Gasteiger partial charge in [0.1, 0.15) is 10.8 Å². The molecule has 0 unspecified atom stereocenters. The normalized spacial score (nSPS) is 27.7. The number of fused-ring (bicyclic) bond motifs is 1. The van der Waals surface area contributed by atoms with Crippen LogP contribution in [0.2, 0.25) is 5.15 Å². The summed E-state index contributed by atoms with van der Waals surface area (Å²) in [5.41, 5.74) is -0.352. The van der Waals surface area contributed by atoms with Gasteiger partial charge in [-0.25, -0.2) is 4.98 Å². The topological polar surface area (TPSA) is 71.8 Å². The lowest BCUT2D eigenvalue weighted by atomic mass is 9.86. The van der Waals surface area contributed by atoms with E-state index in [1.807, 2.05) is 0 Å². The molecule has 0 aliphatic carbocycles. The Morgan fingerprint density at radius 3 is 3.00 bits per heavy atom. The minimum absolute atomic E-state index is 0.131. The average molecular weight is 260 g/mol. The van der Waals surface area contributed by atoms with Crippen LogP contribution in [-0.2, 0) is 16.9 Å². The third-order valence-electron chi connectivity index (χ3n) is 3.05. The molecule has 6 heteroatoms. The van der Waals surface area contributed by atoms with Crippen LogP contribution < -0.4 is 4.74 Å². The molecule has 17 heavy (non-hydrogen) atoms. The van der Waals surface area contributed by atoms with Gasteiger partial charge in [0.25, 0.3) is 0 Å². The summed E-state index contributed by atoms with van der Waals surface area (Å²) in [6.07, 6.45) is -0.979.